The summed E-state index contributed by atoms with van der Waals surface area (Å²) in [6.45, 7) is 1.89. The van der Waals surface area contributed by atoms with E-state index in [1.54, 1.807) is 0 Å². The molecule has 1 fully saturated rings. The number of fused-ring (bicyclic) bond motifs is 1. The van der Waals surface area contributed by atoms with E-state index in [0.717, 1.165) is 43.2 Å². The van der Waals surface area contributed by atoms with E-state index in [4.69, 9.17) is 11.6 Å². The summed E-state index contributed by atoms with van der Waals surface area (Å²) < 4.78 is 2.11. The van der Waals surface area contributed by atoms with Crippen molar-refractivity contribution in [1.82, 2.24) is 25.1 Å². The molecule has 0 N–H and O–H groups in total. The summed E-state index contributed by atoms with van der Waals surface area (Å²) in [4.78, 5) is 2.51. The van der Waals surface area contributed by atoms with Gasteiger partial charge in [0.1, 0.15) is 0 Å². The molecule has 0 spiro atoms. The number of benzene rings is 2. The van der Waals surface area contributed by atoms with Crippen molar-refractivity contribution in [3.8, 4) is 0 Å². The minimum atomic E-state index is 0.0255. The van der Waals surface area contributed by atoms with Crippen LogP contribution in [-0.2, 0) is 13.0 Å². The number of halogens is 1. The van der Waals surface area contributed by atoms with Gasteiger partial charge in [-0.1, -0.05) is 67.3 Å². The molecule has 1 saturated carbocycles. The zero-order chi connectivity index (χ0) is 19.6. The summed E-state index contributed by atoms with van der Waals surface area (Å²) in [6, 6.07) is 17.4. The Bertz CT molecular complexity index is 961. The van der Waals surface area contributed by atoms with Gasteiger partial charge in [-0.25, -0.2) is 4.68 Å². The van der Waals surface area contributed by atoms with E-state index in [-0.39, 0.29) is 6.04 Å². The maximum absolute atomic E-state index is 6.19. The Labute approximate surface area is 176 Å². The second-order valence-corrected chi connectivity index (χ2v) is 8.65. The van der Waals surface area contributed by atoms with E-state index in [0.29, 0.717) is 6.04 Å². The van der Waals surface area contributed by atoms with Gasteiger partial charge >= 0.3 is 0 Å². The highest BCUT2D eigenvalue weighted by molar-refractivity contribution is 6.30. The van der Waals surface area contributed by atoms with Gasteiger partial charge in [0.2, 0.25) is 0 Å². The molecule has 2 aromatic carbocycles. The lowest BCUT2D eigenvalue weighted by molar-refractivity contribution is 0.188. The van der Waals surface area contributed by atoms with E-state index < -0.39 is 0 Å². The van der Waals surface area contributed by atoms with Crippen LogP contribution in [0.2, 0.25) is 5.02 Å². The Hall–Kier alpha value is -2.24. The van der Waals surface area contributed by atoms with Gasteiger partial charge in [-0.2, -0.15) is 0 Å². The topological polar surface area (TPSA) is 46.8 Å². The van der Waals surface area contributed by atoms with Gasteiger partial charge < -0.3 is 0 Å². The van der Waals surface area contributed by atoms with Crippen LogP contribution in [0.4, 0.5) is 0 Å². The molecule has 0 saturated heterocycles. The predicted octanol–water partition coefficient (Wildman–Crippen LogP) is 4.98. The second-order valence-electron chi connectivity index (χ2n) is 8.22. The van der Waals surface area contributed by atoms with E-state index in [2.05, 4.69) is 61.5 Å². The van der Waals surface area contributed by atoms with Gasteiger partial charge in [-0.05, 0) is 58.5 Å². The Morgan fingerprint density at radius 1 is 0.931 bits per heavy atom. The fourth-order valence-electron chi connectivity index (χ4n) is 4.87. The first-order chi connectivity index (χ1) is 14.3. The van der Waals surface area contributed by atoms with Crippen LogP contribution in [0.25, 0.3) is 0 Å². The standard InChI is InChI=1S/C23H26ClN5/c24-20-12-10-18(11-13-20)22(28-15-14-17-6-4-5-7-19(17)16-28)23-25-26-27-29(23)21-8-2-1-3-9-21/h4-7,10-13,21-22H,1-3,8-9,14-16H2/t22-/m1/s1. The van der Waals surface area contributed by atoms with Gasteiger partial charge in [0.25, 0.3) is 0 Å². The van der Waals surface area contributed by atoms with Crippen LogP contribution in [0.15, 0.2) is 48.5 Å². The molecular formula is C23H26ClN5. The molecule has 3 aromatic rings. The van der Waals surface area contributed by atoms with Crippen LogP contribution >= 0.6 is 11.6 Å². The second kappa shape index (κ2) is 8.25. The molecule has 1 atom stereocenters. The third kappa shape index (κ3) is 3.81. The van der Waals surface area contributed by atoms with E-state index in [1.807, 2.05) is 12.1 Å². The van der Waals surface area contributed by atoms with Gasteiger partial charge in [-0.3, -0.25) is 4.90 Å². The van der Waals surface area contributed by atoms with Crippen molar-refractivity contribution in [3.63, 3.8) is 0 Å². The molecule has 0 radical (unpaired) electrons. The lowest BCUT2D eigenvalue weighted by Crippen LogP contribution is -2.36. The zero-order valence-electron chi connectivity index (χ0n) is 16.5. The minimum Gasteiger partial charge on any atom is -0.285 e. The molecule has 0 amide bonds. The predicted molar refractivity (Wildman–Crippen MR) is 114 cm³/mol. The third-order valence-electron chi connectivity index (χ3n) is 6.39. The fraction of sp³-hybridized carbons (Fsp3) is 0.435. The van der Waals surface area contributed by atoms with Crippen LogP contribution in [0.1, 0.15) is 66.7 Å². The minimum absolute atomic E-state index is 0.0255. The highest BCUT2D eigenvalue weighted by atomic mass is 35.5. The van der Waals surface area contributed by atoms with Crippen molar-refractivity contribution < 1.29 is 0 Å². The summed E-state index contributed by atoms with van der Waals surface area (Å²) in [5, 5.41) is 13.9. The monoisotopic (exact) mass is 407 g/mol. The maximum Gasteiger partial charge on any atom is 0.173 e. The quantitative estimate of drug-likeness (QED) is 0.612. The fourth-order valence-corrected chi connectivity index (χ4v) is 5.00. The highest BCUT2D eigenvalue weighted by Gasteiger charge is 2.32. The van der Waals surface area contributed by atoms with Crippen LogP contribution in [0, 0.1) is 0 Å². The Kier molecular flexibility index (Phi) is 5.34. The molecule has 1 aromatic heterocycles. The van der Waals surface area contributed by atoms with E-state index >= 15 is 0 Å². The zero-order valence-corrected chi connectivity index (χ0v) is 17.3. The van der Waals surface area contributed by atoms with Crippen molar-refractivity contribution in [2.24, 2.45) is 0 Å². The number of hydrogen-bond acceptors (Lipinski definition) is 4. The molecule has 150 valence electrons. The average Bonchev–Trinajstić information content (AvgIpc) is 3.25. The molecule has 5 nitrogen and oxygen atoms in total. The number of hydrogen-bond donors (Lipinski definition) is 0. The van der Waals surface area contributed by atoms with Crippen molar-refractivity contribution in [2.75, 3.05) is 6.54 Å². The SMILES string of the molecule is Clc1ccc([C@H](c2nnnn2C2CCCCC2)N2CCc3ccccc3C2)cc1. The summed E-state index contributed by atoms with van der Waals surface area (Å²) >= 11 is 6.19. The van der Waals surface area contributed by atoms with Crippen LogP contribution in [0.3, 0.4) is 0 Å². The number of tetrazole rings is 1. The van der Waals surface area contributed by atoms with Gasteiger partial charge in [0, 0.05) is 18.1 Å². The van der Waals surface area contributed by atoms with E-state index in [1.165, 1.54) is 36.0 Å². The molecule has 2 aliphatic rings. The summed E-state index contributed by atoms with van der Waals surface area (Å²) in [5.41, 5.74) is 4.04. The molecule has 29 heavy (non-hydrogen) atoms. The summed E-state index contributed by atoms with van der Waals surface area (Å²) in [5.74, 6) is 0.957. The van der Waals surface area contributed by atoms with Crippen molar-refractivity contribution in [3.05, 3.63) is 76.1 Å². The van der Waals surface area contributed by atoms with Crippen molar-refractivity contribution in [2.45, 2.75) is 57.2 Å². The Morgan fingerprint density at radius 2 is 1.69 bits per heavy atom. The Balaban J connectivity index is 1.54. The molecule has 2 heterocycles. The van der Waals surface area contributed by atoms with Crippen LogP contribution < -0.4 is 0 Å². The average molecular weight is 408 g/mol. The first-order valence-electron chi connectivity index (χ1n) is 10.6. The molecule has 6 heteroatoms. The molecule has 0 unspecified atom stereocenters. The van der Waals surface area contributed by atoms with Gasteiger partial charge in [-0.15, -0.1) is 5.10 Å². The summed E-state index contributed by atoms with van der Waals surface area (Å²) in [7, 11) is 0. The highest BCUT2D eigenvalue weighted by Crippen LogP contribution is 2.35. The first kappa shape index (κ1) is 18.8. The maximum atomic E-state index is 6.19. The molecular weight excluding hydrogens is 382 g/mol. The normalized spacial score (nSPS) is 19.1. The van der Waals surface area contributed by atoms with Crippen molar-refractivity contribution >= 4 is 11.6 Å². The van der Waals surface area contributed by atoms with E-state index in [9.17, 15) is 0 Å². The number of aromatic nitrogens is 4. The third-order valence-corrected chi connectivity index (χ3v) is 6.65. The largest absolute Gasteiger partial charge is 0.285 e. The van der Waals surface area contributed by atoms with Crippen LogP contribution in [0.5, 0.6) is 0 Å². The Morgan fingerprint density at radius 3 is 2.48 bits per heavy atom. The molecule has 5 rings (SSSR count). The lowest BCUT2D eigenvalue weighted by Gasteiger charge is -2.36. The van der Waals surface area contributed by atoms with Gasteiger partial charge in [0.05, 0.1) is 12.1 Å². The number of nitrogens with zero attached hydrogens (tertiary/aromatic N) is 5. The number of rotatable bonds is 4. The molecule has 1 aliphatic heterocycles. The first-order valence-corrected chi connectivity index (χ1v) is 11.0. The molecule has 0 bridgehead atoms. The van der Waals surface area contributed by atoms with Crippen LogP contribution in [-0.4, -0.2) is 31.7 Å². The van der Waals surface area contributed by atoms with Gasteiger partial charge in [0.15, 0.2) is 5.82 Å². The van der Waals surface area contributed by atoms with Crippen molar-refractivity contribution in [1.29, 1.82) is 0 Å². The summed E-state index contributed by atoms with van der Waals surface area (Å²) in [6.07, 6.45) is 7.20. The lowest BCUT2D eigenvalue weighted by atomic mass is 9.94. The smallest absolute Gasteiger partial charge is 0.173 e. The molecule has 1 aliphatic carbocycles.